The molecular weight excluding hydrogens is 270 g/mol. The number of ether oxygens (including phenoxy) is 2. The summed E-state index contributed by atoms with van der Waals surface area (Å²) in [6.07, 6.45) is 2.05. The minimum absolute atomic E-state index is 0.195. The van der Waals surface area contributed by atoms with Crippen molar-refractivity contribution in [1.82, 2.24) is 0 Å². The maximum absolute atomic E-state index is 11.4. The van der Waals surface area contributed by atoms with Crippen molar-refractivity contribution in [3.63, 3.8) is 0 Å². The summed E-state index contributed by atoms with van der Waals surface area (Å²) in [5.41, 5.74) is 2.95. The molecule has 1 aromatic carbocycles. The van der Waals surface area contributed by atoms with Gasteiger partial charge in [-0.3, -0.25) is 5.43 Å². The number of hydrazone groups is 1. The van der Waals surface area contributed by atoms with E-state index in [0.717, 1.165) is 12.8 Å². The predicted octanol–water partition coefficient (Wildman–Crippen LogP) is 2.72. The van der Waals surface area contributed by atoms with Gasteiger partial charge >= 0.3 is 5.97 Å². The van der Waals surface area contributed by atoms with Crippen molar-refractivity contribution in [3.8, 4) is 11.8 Å². The Morgan fingerprint density at radius 1 is 1.43 bits per heavy atom. The van der Waals surface area contributed by atoms with Gasteiger partial charge in [-0.1, -0.05) is 19.4 Å². The molecule has 0 unspecified atom stereocenters. The molecule has 1 rings (SSSR count). The first-order valence-electron chi connectivity index (χ1n) is 6.85. The Bertz CT molecular complexity index is 535. The molecule has 0 atom stereocenters. The van der Waals surface area contributed by atoms with Crippen molar-refractivity contribution in [2.75, 3.05) is 18.6 Å². The number of rotatable bonds is 8. The van der Waals surface area contributed by atoms with E-state index in [4.69, 9.17) is 14.7 Å². The SMILES string of the molecule is CCCCOc1cccc(N/N=C(\C#N)C(=O)OCC)c1. The molecular formula is C15H19N3O3. The fraction of sp³-hybridized carbons (Fsp3) is 0.400. The van der Waals surface area contributed by atoms with Crippen LogP contribution in [-0.2, 0) is 9.53 Å². The molecule has 112 valence electrons. The molecule has 21 heavy (non-hydrogen) atoms. The fourth-order valence-electron chi connectivity index (χ4n) is 1.43. The van der Waals surface area contributed by atoms with Crippen LogP contribution in [0.4, 0.5) is 5.69 Å². The zero-order chi connectivity index (χ0) is 15.5. The van der Waals surface area contributed by atoms with E-state index in [2.05, 4.69) is 17.5 Å². The van der Waals surface area contributed by atoms with Crippen LogP contribution in [0, 0.1) is 11.3 Å². The summed E-state index contributed by atoms with van der Waals surface area (Å²) in [5.74, 6) is -0.0406. The van der Waals surface area contributed by atoms with Crippen LogP contribution >= 0.6 is 0 Å². The summed E-state index contributed by atoms with van der Waals surface area (Å²) in [5, 5.41) is 12.6. The molecule has 0 amide bonds. The third-order valence-electron chi connectivity index (χ3n) is 2.47. The van der Waals surface area contributed by atoms with Gasteiger partial charge in [0.25, 0.3) is 0 Å². The van der Waals surface area contributed by atoms with E-state index in [1.165, 1.54) is 0 Å². The second kappa shape index (κ2) is 9.37. The van der Waals surface area contributed by atoms with Gasteiger partial charge < -0.3 is 9.47 Å². The summed E-state index contributed by atoms with van der Waals surface area (Å²) in [4.78, 5) is 11.4. The smallest absolute Gasteiger partial charge is 0.369 e. The van der Waals surface area contributed by atoms with Crippen molar-refractivity contribution < 1.29 is 14.3 Å². The van der Waals surface area contributed by atoms with Gasteiger partial charge in [-0.05, 0) is 25.5 Å². The zero-order valence-corrected chi connectivity index (χ0v) is 12.3. The summed E-state index contributed by atoms with van der Waals surface area (Å²) in [7, 11) is 0. The summed E-state index contributed by atoms with van der Waals surface area (Å²) >= 11 is 0. The average Bonchev–Trinajstić information content (AvgIpc) is 2.49. The minimum Gasteiger partial charge on any atom is -0.494 e. The third kappa shape index (κ3) is 5.95. The van der Waals surface area contributed by atoms with E-state index in [-0.39, 0.29) is 12.3 Å². The number of unbranched alkanes of at least 4 members (excludes halogenated alkanes) is 1. The van der Waals surface area contributed by atoms with Crippen LogP contribution in [0.15, 0.2) is 29.4 Å². The van der Waals surface area contributed by atoms with Crippen LogP contribution in [0.1, 0.15) is 26.7 Å². The first kappa shape index (κ1) is 16.5. The lowest BCUT2D eigenvalue weighted by Gasteiger charge is -2.07. The Kier molecular flexibility index (Phi) is 7.36. The number of carbonyl (C=O) groups is 1. The second-order valence-corrected chi connectivity index (χ2v) is 4.13. The number of esters is 1. The number of hydrogen-bond acceptors (Lipinski definition) is 6. The number of nitrogens with zero attached hydrogens (tertiary/aromatic N) is 2. The topological polar surface area (TPSA) is 83.7 Å². The first-order chi connectivity index (χ1) is 10.2. The molecule has 0 aliphatic carbocycles. The maximum Gasteiger partial charge on any atom is 0.369 e. The average molecular weight is 289 g/mol. The number of nitrogens with one attached hydrogen (secondary N) is 1. The monoisotopic (exact) mass is 289 g/mol. The molecule has 0 radical (unpaired) electrons. The summed E-state index contributed by atoms with van der Waals surface area (Å²) < 4.78 is 10.3. The lowest BCUT2D eigenvalue weighted by Crippen LogP contribution is -2.17. The Balaban J connectivity index is 2.67. The van der Waals surface area contributed by atoms with E-state index < -0.39 is 5.97 Å². The Morgan fingerprint density at radius 3 is 2.90 bits per heavy atom. The summed E-state index contributed by atoms with van der Waals surface area (Å²) in [6.45, 7) is 4.60. The molecule has 6 heteroatoms. The van der Waals surface area contributed by atoms with Crippen LogP contribution in [0.3, 0.4) is 0 Å². The van der Waals surface area contributed by atoms with E-state index in [1.807, 2.05) is 6.07 Å². The molecule has 0 aliphatic heterocycles. The van der Waals surface area contributed by atoms with E-state index in [0.29, 0.717) is 18.0 Å². The molecule has 0 saturated carbocycles. The van der Waals surface area contributed by atoms with Crippen molar-refractivity contribution in [3.05, 3.63) is 24.3 Å². The molecule has 0 aliphatic rings. The van der Waals surface area contributed by atoms with Gasteiger partial charge in [0.15, 0.2) is 0 Å². The van der Waals surface area contributed by atoms with Gasteiger partial charge in [0.1, 0.15) is 11.8 Å². The Hall–Kier alpha value is -2.55. The highest BCUT2D eigenvalue weighted by Gasteiger charge is 2.11. The van der Waals surface area contributed by atoms with E-state index in [9.17, 15) is 4.79 Å². The number of carbonyl (C=O) groups excluding carboxylic acids is 1. The molecule has 0 heterocycles. The minimum atomic E-state index is -0.747. The second-order valence-electron chi connectivity index (χ2n) is 4.13. The van der Waals surface area contributed by atoms with Crippen LogP contribution < -0.4 is 10.2 Å². The molecule has 0 saturated heterocycles. The normalized spacial score (nSPS) is 10.6. The lowest BCUT2D eigenvalue weighted by atomic mass is 10.3. The lowest BCUT2D eigenvalue weighted by molar-refractivity contribution is -0.134. The third-order valence-corrected chi connectivity index (χ3v) is 2.47. The van der Waals surface area contributed by atoms with Gasteiger partial charge in [0.05, 0.1) is 18.9 Å². The molecule has 0 fully saturated rings. The van der Waals surface area contributed by atoms with Gasteiger partial charge in [-0.25, -0.2) is 4.79 Å². The highest BCUT2D eigenvalue weighted by molar-refractivity contribution is 6.43. The maximum atomic E-state index is 11.4. The Morgan fingerprint density at radius 2 is 2.24 bits per heavy atom. The standard InChI is InChI=1S/C15H19N3O3/c1-3-5-9-21-13-8-6-7-12(10-13)17-18-14(11-16)15(19)20-4-2/h6-8,10,17H,3-5,9H2,1-2H3/b18-14+. The van der Waals surface area contributed by atoms with Crippen LogP contribution in [0.2, 0.25) is 0 Å². The highest BCUT2D eigenvalue weighted by atomic mass is 16.5. The first-order valence-corrected chi connectivity index (χ1v) is 6.85. The molecule has 1 aromatic rings. The quantitative estimate of drug-likeness (QED) is 0.344. The van der Waals surface area contributed by atoms with Crippen molar-refractivity contribution >= 4 is 17.4 Å². The van der Waals surface area contributed by atoms with Crippen LogP contribution in [0.5, 0.6) is 5.75 Å². The van der Waals surface area contributed by atoms with Crippen molar-refractivity contribution in [2.24, 2.45) is 5.10 Å². The number of benzene rings is 1. The van der Waals surface area contributed by atoms with Gasteiger partial charge in [-0.2, -0.15) is 10.4 Å². The number of anilines is 1. The zero-order valence-electron chi connectivity index (χ0n) is 12.3. The van der Waals surface area contributed by atoms with Gasteiger partial charge in [0.2, 0.25) is 5.71 Å². The van der Waals surface area contributed by atoms with Crippen LogP contribution in [-0.4, -0.2) is 24.9 Å². The highest BCUT2D eigenvalue weighted by Crippen LogP contribution is 2.17. The molecule has 0 spiro atoms. The predicted molar refractivity (Wildman–Crippen MR) is 80.1 cm³/mol. The van der Waals surface area contributed by atoms with Crippen molar-refractivity contribution in [2.45, 2.75) is 26.7 Å². The van der Waals surface area contributed by atoms with Gasteiger partial charge in [0, 0.05) is 6.07 Å². The fourth-order valence-corrected chi connectivity index (χ4v) is 1.43. The number of nitriles is 1. The van der Waals surface area contributed by atoms with Crippen molar-refractivity contribution in [1.29, 1.82) is 5.26 Å². The molecule has 0 aromatic heterocycles. The van der Waals surface area contributed by atoms with Crippen LogP contribution in [0.25, 0.3) is 0 Å². The summed E-state index contributed by atoms with van der Waals surface area (Å²) in [6, 6.07) is 8.84. The molecule has 0 bridgehead atoms. The molecule has 6 nitrogen and oxygen atoms in total. The Labute approximate surface area is 124 Å². The van der Waals surface area contributed by atoms with E-state index >= 15 is 0 Å². The van der Waals surface area contributed by atoms with E-state index in [1.54, 1.807) is 31.2 Å². The number of hydrogen-bond donors (Lipinski definition) is 1. The van der Waals surface area contributed by atoms with Gasteiger partial charge in [-0.15, -0.1) is 0 Å². The molecule has 1 N–H and O–H groups in total. The largest absolute Gasteiger partial charge is 0.494 e.